The van der Waals surface area contributed by atoms with Crippen molar-refractivity contribution < 1.29 is 9.84 Å². The summed E-state index contributed by atoms with van der Waals surface area (Å²) >= 11 is 0. The van der Waals surface area contributed by atoms with Crippen molar-refractivity contribution in [2.45, 2.75) is 26.5 Å². The summed E-state index contributed by atoms with van der Waals surface area (Å²) in [5.41, 5.74) is 1.92. The molecular weight excluding hydrogens is 314 g/mol. The highest BCUT2D eigenvalue weighted by Gasteiger charge is 2.29. The highest BCUT2D eigenvalue weighted by molar-refractivity contribution is 5.63. The zero-order chi connectivity index (χ0) is 17.7. The predicted octanol–water partition coefficient (Wildman–Crippen LogP) is 3.41. The highest BCUT2D eigenvalue weighted by atomic mass is 16.5. The number of hydrogen-bond acceptors (Lipinski definition) is 4. The Bertz CT molecular complexity index is 768. The van der Waals surface area contributed by atoms with E-state index in [0.717, 1.165) is 11.3 Å². The molecule has 0 amide bonds. The lowest BCUT2D eigenvalue weighted by molar-refractivity contribution is 0.00244. The summed E-state index contributed by atoms with van der Waals surface area (Å²) in [4.78, 5) is 3.89. The predicted molar refractivity (Wildman–Crippen MR) is 97.2 cm³/mol. The number of hydrogen-bond donors (Lipinski definition) is 1. The Morgan fingerprint density at radius 2 is 1.72 bits per heavy atom. The summed E-state index contributed by atoms with van der Waals surface area (Å²) in [6.07, 6.45) is 2.48. The molecule has 1 atom stereocenters. The van der Waals surface area contributed by atoms with Gasteiger partial charge in [0, 0.05) is 5.41 Å². The van der Waals surface area contributed by atoms with Gasteiger partial charge in [0.1, 0.15) is 18.4 Å². The number of aliphatic hydroxyl groups excluding tert-OH is 1. The quantitative estimate of drug-likeness (QED) is 0.718. The summed E-state index contributed by atoms with van der Waals surface area (Å²) in [6, 6.07) is 18.2. The lowest BCUT2D eigenvalue weighted by atomic mass is 9.87. The number of aliphatic hydroxyl groups is 1. The molecule has 0 spiro atoms. The van der Waals surface area contributed by atoms with Crippen molar-refractivity contribution >= 4 is 0 Å². The second-order valence-corrected chi connectivity index (χ2v) is 6.80. The van der Waals surface area contributed by atoms with Crippen molar-refractivity contribution in [1.82, 2.24) is 14.8 Å². The van der Waals surface area contributed by atoms with E-state index in [1.807, 2.05) is 56.3 Å². The van der Waals surface area contributed by atoms with Crippen LogP contribution < -0.4 is 4.74 Å². The minimum atomic E-state index is -0.585. The van der Waals surface area contributed by atoms with Gasteiger partial charge in [0.2, 0.25) is 0 Å². The van der Waals surface area contributed by atoms with Gasteiger partial charge in [-0.1, -0.05) is 56.3 Å². The summed E-state index contributed by atoms with van der Waals surface area (Å²) in [5.74, 6) is 0.792. The Labute approximate surface area is 147 Å². The van der Waals surface area contributed by atoms with Crippen LogP contribution in [-0.2, 0) is 6.54 Å². The number of aromatic nitrogens is 3. The zero-order valence-corrected chi connectivity index (χ0v) is 14.5. The van der Waals surface area contributed by atoms with Gasteiger partial charge in [-0.05, 0) is 23.3 Å². The van der Waals surface area contributed by atoms with Crippen LogP contribution in [0.5, 0.6) is 5.75 Å². The number of nitrogens with zero attached hydrogens (tertiary/aromatic N) is 3. The Hall–Kier alpha value is -2.66. The van der Waals surface area contributed by atoms with Gasteiger partial charge < -0.3 is 9.84 Å². The molecule has 5 nitrogen and oxygen atoms in total. The lowest BCUT2D eigenvalue weighted by Gasteiger charge is -2.30. The Kier molecular flexibility index (Phi) is 5.14. The van der Waals surface area contributed by atoms with E-state index < -0.39 is 11.5 Å². The molecule has 0 radical (unpaired) electrons. The Balaban J connectivity index is 1.58. The van der Waals surface area contributed by atoms with Gasteiger partial charge in [-0.25, -0.2) is 4.98 Å². The molecule has 0 saturated heterocycles. The van der Waals surface area contributed by atoms with Crippen LogP contribution in [0.3, 0.4) is 0 Å². The SMILES string of the molecule is CC(C)(COc1ccc(-c2ccccc2)cc1)C(O)Cn1cncn1. The van der Waals surface area contributed by atoms with Crippen LogP contribution in [0, 0.1) is 5.41 Å². The van der Waals surface area contributed by atoms with Crippen LogP contribution in [0.1, 0.15) is 13.8 Å². The molecule has 0 aliphatic rings. The zero-order valence-electron chi connectivity index (χ0n) is 14.5. The molecule has 0 saturated carbocycles. The average molecular weight is 337 g/mol. The fourth-order valence-electron chi connectivity index (χ4n) is 2.49. The van der Waals surface area contributed by atoms with E-state index in [0.29, 0.717) is 13.2 Å². The van der Waals surface area contributed by atoms with E-state index in [1.54, 1.807) is 11.0 Å². The maximum Gasteiger partial charge on any atom is 0.137 e. The monoisotopic (exact) mass is 337 g/mol. The van der Waals surface area contributed by atoms with Crippen molar-refractivity contribution in [2.75, 3.05) is 6.61 Å². The van der Waals surface area contributed by atoms with Gasteiger partial charge in [-0.15, -0.1) is 0 Å². The fourth-order valence-corrected chi connectivity index (χ4v) is 2.49. The van der Waals surface area contributed by atoms with E-state index >= 15 is 0 Å². The lowest BCUT2D eigenvalue weighted by Crippen LogP contribution is -2.38. The number of rotatable bonds is 7. The second-order valence-electron chi connectivity index (χ2n) is 6.80. The van der Waals surface area contributed by atoms with Gasteiger partial charge in [0.25, 0.3) is 0 Å². The third kappa shape index (κ3) is 4.45. The van der Waals surface area contributed by atoms with Gasteiger partial charge in [0.15, 0.2) is 0 Å². The average Bonchev–Trinajstić information content (AvgIpc) is 3.14. The van der Waals surface area contributed by atoms with Crippen LogP contribution in [0.25, 0.3) is 11.1 Å². The third-order valence-corrected chi connectivity index (χ3v) is 4.30. The maximum atomic E-state index is 10.5. The molecule has 0 fully saturated rings. The van der Waals surface area contributed by atoms with E-state index in [1.165, 1.54) is 11.9 Å². The van der Waals surface area contributed by atoms with E-state index in [4.69, 9.17) is 4.74 Å². The van der Waals surface area contributed by atoms with Crippen molar-refractivity contribution in [3.8, 4) is 16.9 Å². The molecule has 2 aromatic carbocycles. The molecule has 0 aliphatic carbocycles. The van der Waals surface area contributed by atoms with Crippen molar-refractivity contribution in [2.24, 2.45) is 5.41 Å². The summed E-state index contributed by atoms with van der Waals surface area (Å²) in [6.45, 7) is 4.76. The molecule has 0 bridgehead atoms. The summed E-state index contributed by atoms with van der Waals surface area (Å²) in [7, 11) is 0. The van der Waals surface area contributed by atoms with Crippen molar-refractivity contribution in [3.63, 3.8) is 0 Å². The van der Waals surface area contributed by atoms with Crippen molar-refractivity contribution in [3.05, 3.63) is 67.3 Å². The smallest absolute Gasteiger partial charge is 0.137 e. The summed E-state index contributed by atoms with van der Waals surface area (Å²) < 4.78 is 7.52. The van der Waals surface area contributed by atoms with Crippen LogP contribution >= 0.6 is 0 Å². The third-order valence-electron chi connectivity index (χ3n) is 4.30. The molecular formula is C20H23N3O2. The van der Waals surface area contributed by atoms with Gasteiger partial charge in [0.05, 0.1) is 19.3 Å². The molecule has 1 aromatic heterocycles. The fraction of sp³-hybridized carbons (Fsp3) is 0.300. The molecule has 3 rings (SSSR count). The first-order valence-corrected chi connectivity index (χ1v) is 8.33. The molecule has 25 heavy (non-hydrogen) atoms. The molecule has 5 heteroatoms. The van der Waals surface area contributed by atoms with E-state index in [2.05, 4.69) is 22.2 Å². The first-order chi connectivity index (χ1) is 12.0. The van der Waals surface area contributed by atoms with Crippen LogP contribution in [0.2, 0.25) is 0 Å². The molecule has 1 unspecified atom stereocenters. The maximum absolute atomic E-state index is 10.5. The largest absolute Gasteiger partial charge is 0.493 e. The molecule has 3 aromatic rings. The van der Waals surface area contributed by atoms with Gasteiger partial charge in [-0.3, -0.25) is 4.68 Å². The molecule has 1 N–H and O–H groups in total. The topological polar surface area (TPSA) is 60.2 Å². The Morgan fingerprint density at radius 1 is 1.04 bits per heavy atom. The van der Waals surface area contributed by atoms with Crippen LogP contribution in [0.15, 0.2) is 67.3 Å². The number of ether oxygens (including phenoxy) is 1. The first kappa shape index (κ1) is 17.2. The minimum Gasteiger partial charge on any atom is -0.493 e. The van der Waals surface area contributed by atoms with Crippen LogP contribution in [0.4, 0.5) is 0 Å². The molecule has 130 valence electrons. The standard InChI is InChI=1S/C20H23N3O2/c1-20(2,19(24)12-23-15-21-14-22-23)13-25-18-10-8-17(9-11-18)16-6-4-3-5-7-16/h3-11,14-15,19,24H,12-13H2,1-2H3. The minimum absolute atomic E-state index is 0.392. The van der Waals surface area contributed by atoms with E-state index in [-0.39, 0.29) is 0 Å². The van der Waals surface area contributed by atoms with E-state index in [9.17, 15) is 5.11 Å². The molecule has 1 heterocycles. The van der Waals surface area contributed by atoms with Crippen molar-refractivity contribution in [1.29, 1.82) is 0 Å². The summed E-state index contributed by atoms with van der Waals surface area (Å²) in [5, 5.41) is 14.5. The molecule has 0 aliphatic heterocycles. The highest BCUT2D eigenvalue weighted by Crippen LogP contribution is 2.26. The second kappa shape index (κ2) is 7.49. The van der Waals surface area contributed by atoms with Crippen LogP contribution in [-0.4, -0.2) is 32.6 Å². The first-order valence-electron chi connectivity index (χ1n) is 8.33. The Morgan fingerprint density at radius 3 is 2.36 bits per heavy atom. The number of benzene rings is 2. The van der Waals surface area contributed by atoms with Gasteiger partial charge >= 0.3 is 0 Å². The normalized spacial score (nSPS) is 12.8. The van der Waals surface area contributed by atoms with Gasteiger partial charge in [-0.2, -0.15) is 5.10 Å².